The van der Waals surface area contributed by atoms with Crippen LogP contribution in [0.2, 0.25) is 0 Å². The van der Waals surface area contributed by atoms with Crippen LogP contribution in [0.5, 0.6) is 5.75 Å². The largest absolute Gasteiger partial charge is 0.496 e. The smallest absolute Gasteiger partial charge is 0.166 e. The molecule has 104 valence electrons. The molecule has 0 aliphatic heterocycles. The van der Waals surface area contributed by atoms with Gasteiger partial charge in [0, 0.05) is 11.5 Å². The van der Waals surface area contributed by atoms with Crippen LogP contribution in [-0.2, 0) is 0 Å². The zero-order chi connectivity index (χ0) is 14.2. The molecule has 1 aromatic rings. The minimum Gasteiger partial charge on any atom is -0.496 e. The molecule has 1 saturated carbocycles. The van der Waals surface area contributed by atoms with Crippen LogP contribution in [0.3, 0.4) is 0 Å². The Kier molecular flexibility index (Phi) is 3.71. The van der Waals surface area contributed by atoms with Crippen LogP contribution in [0.4, 0.5) is 0 Å². The SMILES string of the molecule is COc1c(C)cc(C(=O)C2CCCC2(C)C)cc1C. The van der Waals surface area contributed by atoms with E-state index < -0.39 is 0 Å². The molecule has 0 spiro atoms. The van der Waals surface area contributed by atoms with Crippen LogP contribution >= 0.6 is 0 Å². The first kappa shape index (κ1) is 14.1. The number of benzene rings is 1. The van der Waals surface area contributed by atoms with Gasteiger partial charge in [-0.25, -0.2) is 0 Å². The third kappa shape index (κ3) is 2.54. The Bertz CT molecular complexity index is 477. The first-order chi connectivity index (χ1) is 8.86. The summed E-state index contributed by atoms with van der Waals surface area (Å²) in [5.74, 6) is 1.36. The van der Waals surface area contributed by atoms with Crippen LogP contribution in [-0.4, -0.2) is 12.9 Å². The second-order valence-electron chi connectivity index (χ2n) is 6.44. The van der Waals surface area contributed by atoms with Gasteiger partial charge >= 0.3 is 0 Å². The average Bonchev–Trinajstić information content (AvgIpc) is 2.67. The lowest BCUT2D eigenvalue weighted by Crippen LogP contribution is -2.26. The second-order valence-corrected chi connectivity index (χ2v) is 6.44. The number of aryl methyl sites for hydroxylation is 2. The normalized spacial score (nSPS) is 21.4. The van der Waals surface area contributed by atoms with Crippen molar-refractivity contribution in [1.29, 1.82) is 0 Å². The first-order valence-corrected chi connectivity index (χ1v) is 7.06. The lowest BCUT2D eigenvalue weighted by Gasteiger charge is -2.26. The molecule has 1 fully saturated rings. The Morgan fingerprint density at radius 1 is 1.26 bits per heavy atom. The third-order valence-electron chi connectivity index (χ3n) is 4.52. The summed E-state index contributed by atoms with van der Waals surface area (Å²) in [5, 5.41) is 0. The second kappa shape index (κ2) is 4.99. The van der Waals surface area contributed by atoms with Gasteiger partial charge in [0.2, 0.25) is 0 Å². The minimum absolute atomic E-state index is 0.138. The van der Waals surface area contributed by atoms with Gasteiger partial charge in [-0.05, 0) is 55.4 Å². The van der Waals surface area contributed by atoms with Crippen LogP contribution in [0.1, 0.15) is 54.6 Å². The van der Waals surface area contributed by atoms with Gasteiger partial charge in [-0.2, -0.15) is 0 Å². The van der Waals surface area contributed by atoms with Gasteiger partial charge in [0.25, 0.3) is 0 Å². The Balaban J connectivity index is 2.35. The summed E-state index contributed by atoms with van der Waals surface area (Å²) >= 11 is 0. The topological polar surface area (TPSA) is 26.3 Å². The molecular formula is C17H24O2. The maximum absolute atomic E-state index is 12.7. The lowest BCUT2D eigenvalue weighted by molar-refractivity contribution is 0.0839. The molecule has 0 aromatic heterocycles. The number of ketones is 1. The summed E-state index contributed by atoms with van der Waals surface area (Å²) in [5.41, 5.74) is 3.07. The predicted octanol–water partition coefficient (Wildman–Crippen LogP) is 4.32. The Labute approximate surface area is 116 Å². The van der Waals surface area contributed by atoms with Gasteiger partial charge in [-0.1, -0.05) is 20.3 Å². The maximum atomic E-state index is 12.7. The van der Waals surface area contributed by atoms with Crippen LogP contribution < -0.4 is 4.74 Å². The molecule has 0 amide bonds. The van der Waals surface area contributed by atoms with Gasteiger partial charge in [0.05, 0.1) is 7.11 Å². The van der Waals surface area contributed by atoms with E-state index >= 15 is 0 Å². The summed E-state index contributed by atoms with van der Waals surface area (Å²) in [4.78, 5) is 12.7. The van der Waals surface area contributed by atoms with Crippen molar-refractivity contribution in [2.24, 2.45) is 11.3 Å². The van der Waals surface area contributed by atoms with Gasteiger partial charge in [0.15, 0.2) is 5.78 Å². The molecule has 0 N–H and O–H groups in total. The Morgan fingerprint density at radius 3 is 2.26 bits per heavy atom. The van der Waals surface area contributed by atoms with Crippen molar-refractivity contribution in [3.05, 3.63) is 28.8 Å². The van der Waals surface area contributed by atoms with E-state index in [0.717, 1.165) is 41.7 Å². The fraction of sp³-hybridized carbons (Fsp3) is 0.588. The van der Waals surface area contributed by atoms with Gasteiger partial charge in [-0.3, -0.25) is 4.79 Å². The predicted molar refractivity (Wildman–Crippen MR) is 77.9 cm³/mol. The number of Topliss-reactive ketones (excluding diaryl/α,β-unsaturated/α-hetero) is 1. The molecule has 19 heavy (non-hydrogen) atoms. The molecule has 1 aliphatic rings. The third-order valence-corrected chi connectivity index (χ3v) is 4.52. The summed E-state index contributed by atoms with van der Waals surface area (Å²) in [6.45, 7) is 8.43. The van der Waals surface area contributed by atoms with E-state index in [1.807, 2.05) is 26.0 Å². The molecule has 2 nitrogen and oxygen atoms in total. The molecule has 0 bridgehead atoms. The Morgan fingerprint density at radius 2 is 1.84 bits per heavy atom. The fourth-order valence-electron chi connectivity index (χ4n) is 3.43. The quantitative estimate of drug-likeness (QED) is 0.756. The summed E-state index contributed by atoms with van der Waals surface area (Å²) in [7, 11) is 1.68. The molecule has 2 heteroatoms. The zero-order valence-electron chi connectivity index (χ0n) is 12.7. The molecule has 1 unspecified atom stereocenters. The lowest BCUT2D eigenvalue weighted by atomic mass is 9.77. The van der Waals surface area contributed by atoms with E-state index in [-0.39, 0.29) is 11.3 Å². The van der Waals surface area contributed by atoms with Crippen molar-refractivity contribution >= 4 is 5.78 Å². The van der Waals surface area contributed by atoms with E-state index in [4.69, 9.17) is 4.74 Å². The maximum Gasteiger partial charge on any atom is 0.166 e. The van der Waals surface area contributed by atoms with Gasteiger partial charge in [-0.15, -0.1) is 0 Å². The van der Waals surface area contributed by atoms with Crippen molar-refractivity contribution in [3.63, 3.8) is 0 Å². The molecule has 0 radical (unpaired) electrons. The van der Waals surface area contributed by atoms with Crippen molar-refractivity contribution in [3.8, 4) is 5.75 Å². The summed E-state index contributed by atoms with van der Waals surface area (Å²) in [6.07, 6.45) is 3.34. The molecule has 0 heterocycles. The highest BCUT2D eigenvalue weighted by Crippen LogP contribution is 2.44. The van der Waals surface area contributed by atoms with E-state index in [9.17, 15) is 4.79 Å². The minimum atomic E-state index is 0.138. The average molecular weight is 260 g/mol. The number of ether oxygens (including phenoxy) is 1. The molecule has 0 saturated heterocycles. The number of hydrogen-bond acceptors (Lipinski definition) is 2. The fourth-order valence-corrected chi connectivity index (χ4v) is 3.43. The molecule has 2 rings (SSSR count). The monoisotopic (exact) mass is 260 g/mol. The molecular weight excluding hydrogens is 236 g/mol. The van der Waals surface area contributed by atoms with Crippen molar-refractivity contribution < 1.29 is 9.53 Å². The van der Waals surface area contributed by atoms with Crippen molar-refractivity contribution in [2.45, 2.75) is 47.0 Å². The number of carbonyl (C=O) groups excluding carboxylic acids is 1. The highest BCUT2D eigenvalue weighted by molar-refractivity contribution is 5.99. The van der Waals surface area contributed by atoms with E-state index in [2.05, 4.69) is 13.8 Å². The highest BCUT2D eigenvalue weighted by Gasteiger charge is 2.39. The number of methoxy groups -OCH3 is 1. The van der Waals surface area contributed by atoms with Gasteiger partial charge in [0.1, 0.15) is 5.75 Å². The van der Waals surface area contributed by atoms with E-state index in [1.165, 1.54) is 0 Å². The van der Waals surface area contributed by atoms with Crippen LogP contribution in [0, 0.1) is 25.2 Å². The van der Waals surface area contributed by atoms with Crippen molar-refractivity contribution in [2.75, 3.05) is 7.11 Å². The number of hydrogen-bond donors (Lipinski definition) is 0. The molecule has 1 atom stereocenters. The van der Waals surface area contributed by atoms with Crippen LogP contribution in [0.25, 0.3) is 0 Å². The summed E-state index contributed by atoms with van der Waals surface area (Å²) < 4.78 is 5.37. The standard InChI is InChI=1S/C17H24O2/c1-11-9-13(10-12(2)16(11)19-5)15(18)14-7-6-8-17(14,3)4/h9-10,14H,6-8H2,1-5H3. The Hall–Kier alpha value is -1.31. The molecule has 1 aromatic carbocycles. The highest BCUT2D eigenvalue weighted by atomic mass is 16.5. The number of carbonyl (C=O) groups is 1. The zero-order valence-corrected chi connectivity index (χ0v) is 12.7. The summed E-state index contributed by atoms with van der Waals surface area (Å²) in [6, 6.07) is 3.95. The van der Waals surface area contributed by atoms with E-state index in [1.54, 1.807) is 7.11 Å². The molecule has 1 aliphatic carbocycles. The van der Waals surface area contributed by atoms with E-state index in [0.29, 0.717) is 5.78 Å². The van der Waals surface area contributed by atoms with Crippen LogP contribution in [0.15, 0.2) is 12.1 Å². The van der Waals surface area contributed by atoms with Crippen molar-refractivity contribution in [1.82, 2.24) is 0 Å². The first-order valence-electron chi connectivity index (χ1n) is 7.06. The van der Waals surface area contributed by atoms with Gasteiger partial charge < -0.3 is 4.74 Å². The number of rotatable bonds is 3.